The summed E-state index contributed by atoms with van der Waals surface area (Å²) in [6.07, 6.45) is -1.72. The molecule has 3 heterocycles. The van der Waals surface area contributed by atoms with Gasteiger partial charge in [-0.2, -0.15) is 0 Å². The summed E-state index contributed by atoms with van der Waals surface area (Å²) in [6, 6.07) is 0. The van der Waals surface area contributed by atoms with Crippen molar-refractivity contribution < 1.29 is 34.0 Å². The highest BCUT2D eigenvalue weighted by Crippen LogP contribution is 2.38. The van der Waals surface area contributed by atoms with Gasteiger partial charge in [-0.15, -0.1) is 0 Å². The van der Waals surface area contributed by atoms with Gasteiger partial charge < -0.3 is 29.7 Å². The molecule has 38 heavy (non-hydrogen) atoms. The molecule has 3 atom stereocenters. The molecule has 0 bridgehead atoms. The van der Waals surface area contributed by atoms with Crippen LogP contribution in [0.2, 0.25) is 0 Å². The number of carbonyl (C=O) groups excluding carboxylic acids is 2. The lowest BCUT2D eigenvalue weighted by atomic mass is 9.81. The van der Waals surface area contributed by atoms with Gasteiger partial charge in [-0.25, -0.2) is 14.4 Å². The van der Waals surface area contributed by atoms with Gasteiger partial charge in [0.05, 0.1) is 43.0 Å². The maximum absolute atomic E-state index is 13.3. The molecule has 2 aliphatic rings. The molecule has 12 heteroatoms. The second-order valence-electron chi connectivity index (χ2n) is 10.5. The lowest BCUT2D eigenvalue weighted by Gasteiger charge is -2.30. The van der Waals surface area contributed by atoms with Crippen LogP contribution in [0.1, 0.15) is 65.7 Å². The minimum absolute atomic E-state index is 0.0147. The summed E-state index contributed by atoms with van der Waals surface area (Å²) >= 11 is 0. The molecule has 0 saturated carbocycles. The van der Waals surface area contributed by atoms with Crippen molar-refractivity contribution in [2.24, 2.45) is 11.8 Å². The number of hydrogen-bond donors (Lipinski definition) is 4. The molecule has 0 unspecified atom stereocenters. The Morgan fingerprint density at radius 1 is 1.05 bits per heavy atom. The molecule has 0 spiro atoms. The third kappa shape index (κ3) is 6.25. The predicted octanol–water partition coefficient (Wildman–Crippen LogP) is 0.811. The molecule has 210 valence electrons. The van der Waals surface area contributed by atoms with Crippen molar-refractivity contribution >= 4 is 11.9 Å². The fourth-order valence-electron chi connectivity index (χ4n) is 4.46. The number of aromatic amines is 1. The van der Waals surface area contributed by atoms with Crippen molar-refractivity contribution in [3.05, 3.63) is 55.1 Å². The molecule has 0 aromatic carbocycles. The van der Waals surface area contributed by atoms with Gasteiger partial charge in [-0.05, 0) is 25.7 Å². The molecular weight excluding hydrogens is 498 g/mol. The van der Waals surface area contributed by atoms with Crippen LogP contribution in [0.15, 0.2) is 38.3 Å². The second-order valence-corrected chi connectivity index (χ2v) is 10.5. The van der Waals surface area contributed by atoms with E-state index in [2.05, 4.69) is 10.3 Å². The fraction of sp³-hybridized carbons (Fsp3) is 0.615. The number of aromatic nitrogens is 2. The third-order valence-corrected chi connectivity index (χ3v) is 6.30. The van der Waals surface area contributed by atoms with Crippen LogP contribution in [0, 0.1) is 11.8 Å². The van der Waals surface area contributed by atoms with Crippen LogP contribution in [0.3, 0.4) is 0 Å². The molecular formula is C26H37N3O9. The maximum Gasteiger partial charge on any atom is 0.336 e. The van der Waals surface area contributed by atoms with Gasteiger partial charge in [0.25, 0.3) is 5.56 Å². The van der Waals surface area contributed by atoms with Crippen LogP contribution in [0.5, 0.6) is 0 Å². The Hall–Kier alpha value is -3.22. The lowest BCUT2D eigenvalue weighted by Crippen LogP contribution is -2.39. The van der Waals surface area contributed by atoms with Gasteiger partial charge in [-0.1, -0.05) is 27.7 Å². The standard InChI is InChI=1S/C26H37N3O9/c1-12(2)10-36-24(33)20-14(5)27-15(6)21(25(34)37-11-13(3)4)22(20)16-8-29(26(35)28-23(16)32)19-7-17(31)18(9-30)38-19/h8,12-13,17-19,22,27,30-31H,7,9-11H2,1-6H3,(H,28,32,35)/t17-,18+,19+/m0/s1. The minimum Gasteiger partial charge on any atom is -0.462 e. The number of H-pyrrole nitrogens is 1. The van der Waals surface area contributed by atoms with Crippen LogP contribution in [-0.2, 0) is 23.8 Å². The van der Waals surface area contributed by atoms with Crippen molar-refractivity contribution in [3.8, 4) is 0 Å². The van der Waals surface area contributed by atoms with E-state index in [1.54, 1.807) is 13.8 Å². The molecule has 12 nitrogen and oxygen atoms in total. The van der Waals surface area contributed by atoms with E-state index in [4.69, 9.17) is 14.2 Å². The highest BCUT2D eigenvalue weighted by atomic mass is 16.5. The van der Waals surface area contributed by atoms with E-state index in [1.807, 2.05) is 27.7 Å². The van der Waals surface area contributed by atoms with E-state index in [0.717, 1.165) is 4.57 Å². The third-order valence-electron chi connectivity index (χ3n) is 6.30. The van der Waals surface area contributed by atoms with Gasteiger partial charge in [0.15, 0.2) is 0 Å². The number of nitrogens with one attached hydrogen (secondary N) is 2. The number of nitrogens with zero attached hydrogens (tertiary/aromatic N) is 1. The fourth-order valence-corrected chi connectivity index (χ4v) is 4.46. The van der Waals surface area contributed by atoms with E-state index in [-0.39, 0.29) is 48.2 Å². The van der Waals surface area contributed by atoms with Crippen LogP contribution in [0.4, 0.5) is 0 Å². The second kappa shape index (κ2) is 12.1. The summed E-state index contributed by atoms with van der Waals surface area (Å²) in [4.78, 5) is 54.8. The monoisotopic (exact) mass is 535 g/mol. The van der Waals surface area contributed by atoms with Crippen LogP contribution in [0.25, 0.3) is 0 Å². The average molecular weight is 536 g/mol. The summed E-state index contributed by atoms with van der Waals surface area (Å²) in [5.41, 5.74) is -0.869. The van der Waals surface area contributed by atoms with Crippen molar-refractivity contribution in [2.75, 3.05) is 19.8 Å². The van der Waals surface area contributed by atoms with Crippen LogP contribution >= 0.6 is 0 Å². The summed E-state index contributed by atoms with van der Waals surface area (Å²) in [7, 11) is 0. The highest BCUT2D eigenvalue weighted by Gasteiger charge is 2.41. The van der Waals surface area contributed by atoms with Gasteiger partial charge in [0, 0.05) is 29.6 Å². The first kappa shape index (κ1) is 29.3. The first-order chi connectivity index (χ1) is 17.8. The zero-order valence-electron chi connectivity index (χ0n) is 22.6. The number of dihydropyridines is 1. The van der Waals surface area contributed by atoms with Crippen molar-refractivity contribution in [1.82, 2.24) is 14.9 Å². The minimum atomic E-state index is -1.22. The lowest BCUT2D eigenvalue weighted by molar-refractivity contribution is -0.141. The number of rotatable bonds is 9. The Morgan fingerprint density at radius 3 is 2.03 bits per heavy atom. The van der Waals surface area contributed by atoms with E-state index in [1.165, 1.54) is 6.20 Å². The van der Waals surface area contributed by atoms with Gasteiger partial charge in [0.2, 0.25) is 0 Å². The number of carbonyl (C=O) groups is 2. The molecule has 3 rings (SSSR count). The number of aliphatic hydroxyl groups is 2. The topological polar surface area (TPSA) is 169 Å². The zero-order valence-corrected chi connectivity index (χ0v) is 22.6. The Labute approximate surface area is 220 Å². The van der Waals surface area contributed by atoms with E-state index in [9.17, 15) is 29.4 Å². The zero-order chi connectivity index (χ0) is 28.3. The SMILES string of the molecule is CC1=C(C(=O)OCC(C)C)C(c2cn([C@H]3C[C@H](O)[C@@H](CO)O3)c(=O)[nH]c2=O)C(C(=O)OCC(C)C)=C(C)N1. The molecule has 1 aromatic heterocycles. The van der Waals surface area contributed by atoms with E-state index >= 15 is 0 Å². The molecule has 2 aliphatic heterocycles. The molecule has 1 saturated heterocycles. The number of esters is 2. The quantitative estimate of drug-likeness (QED) is 0.332. The molecule has 0 radical (unpaired) electrons. The normalized spacial score (nSPS) is 22.3. The van der Waals surface area contributed by atoms with E-state index < -0.39 is 54.1 Å². The predicted molar refractivity (Wildman–Crippen MR) is 136 cm³/mol. The van der Waals surface area contributed by atoms with E-state index in [0.29, 0.717) is 11.4 Å². The maximum atomic E-state index is 13.3. The van der Waals surface area contributed by atoms with Gasteiger partial charge in [-0.3, -0.25) is 14.3 Å². The Kier molecular flexibility index (Phi) is 9.34. The van der Waals surface area contributed by atoms with Gasteiger partial charge in [0.1, 0.15) is 12.3 Å². The summed E-state index contributed by atoms with van der Waals surface area (Å²) in [5, 5.41) is 22.7. The molecule has 4 N–H and O–H groups in total. The Balaban J connectivity index is 2.18. The summed E-state index contributed by atoms with van der Waals surface area (Å²) < 4.78 is 17.7. The number of ether oxygens (including phenoxy) is 3. The molecule has 0 aliphatic carbocycles. The van der Waals surface area contributed by atoms with Crippen molar-refractivity contribution in [1.29, 1.82) is 0 Å². The first-order valence-corrected chi connectivity index (χ1v) is 12.7. The Bertz CT molecular complexity index is 1200. The average Bonchev–Trinajstić information content (AvgIpc) is 3.20. The molecule has 1 aromatic rings. The smallest absolute Gasteiger partial charge is 0.336 e. The largest absolute Gasteiger partial charge is 0.462 e. The van der Waals surface area contributed by atoms with Crippen molar-refractivity contribution in [3.63, 3.8) is 0 Å². The Morgan fingerprint density at radius 2 is 1.58 bits per heavy atom. The number of hydrogen-bond acceptors (Lipinski definition) is 10. The van der Waals surface area contributed by atoms with Crippen LogP contribution < -0.4 is 16.6 Å². The summed E-state index contributed by atoms with van der Waals surface area (Å²) in [6.45, 7) is 10.5. The highest BCUT2D eigenvalue weighted by molar-refractivity contribution is 5.99. The molecule has 1 fully saturated rings. The first-order valence-electron chi connectivity index (χ1n) is 12.7. The van der Waals surface area contributed by atoms with Crippen molar-refractivity contribution in [2.45, 2.75) is 72.3 Å². The summed E-state index contributed by atoms with van der Waals surface area (Å²) in [5.74, 6) is -2.58. The number of aliphatic hydroxyl groups excluding tert-OH is 2. The van der Waals surface area contributed by atoms with Gasteiger partial charge >= 0.3 is 17.6 Å². The molecule has 0 amide bonds. The number of allylic oxidation sites excluding steroid dienone is 2. The van der Waals surface area contributed by atoms with Crippen LogP contribution in [-0.4, -0.2) is 63.7 Å².